The van der Waals surface area contributed by atoms with Crippen LogP contribution in [0.3, 0.4) is 0 Å². The molecule has 144 valence electrons. The average Bonchev–Trinajstić information content (AvgIpc) is 3.47. The maximum Gasteiger partial charge on any atom is 0.408 e. The molecule has 2 atom stereocenters. The summed E-state index contributed by atoms with van der Waals surface area (Å²) in [6, 6.07) is 12.4. The third-order valence-corrected chi connectivity index (χ3v) is 5.41. The van der Waals surface area contributed by atoms with Gasteiger partial charge in [-0.3, -0.25) is 0 Å². The minimum absolute atomic E-state index is 0.0696. The Morgan fingerprint density at radius 1 is 1.29 bits per heavy atom. The van der Waals surface area contributed by atoms with Crippen molar-refractivity contribution < 1.29 is 23.0 Å². The van der Waals surface area contributed by atoms with E-state index in [2.05, 4.69) is 11.4 Å². The normalized spacial score (nSPS) is 19.7. The lowest BCUT2D eigenvalue weighted by molar-refractivity contribution is 0.126. The Morgan fingerprint density at radius 2 is 2.00 bits per heavy atom. The van der Waals surface area contributed by atoms with Gasteiger partial charge in [-0.25, -0.2) is 13.6 Å². The highest BCUT2D eigenvalue weighted by Crippen LogP contribution is 2.61. The van der Waals surface area contributed by atoms with Crippen LogP contribution in [0.1, 0.15) is 29.9 Å². The molecule has 1 unspecified atom stereocenters. The second kappa shape index (κ2) is 7.12. The number of carbonyl (C=O) groups excluding carboxylic acids is 1. The van der Waals surface area contributed by atoms with Gasteiger partial charge in [-0.1, -0.05) is 30.3 Å². The Balaban J connectivity index is 1.53. The van der Waals surface area contributed by atoms with Crippen molar-refractivity contribution in [2.45, 2.75) is 31.4 Å². The summed E-state index contributed by atoms with van der Waals surface area (Å²) in [4.78, 5) is 12.2. The second-order valence-electron chi connectivity index (χ2n) is 7.25. The van der Waals surface area contributed by atoms with Crippen molar-refractivity contribution in [3.05, 3.63) is 65.2 Å². The van der Waals surface area contributed by atoms with Gasteiger partial charge in [0, 0.05) is 23.0 Å². The van der Waals surface area contributed by atoms with E-state index in [0.717, 1.165) is 30.5 Å². The quantitative estimate of drug-likeness (QED) is 0.864. The molecule has 5 nitrogen and oxygen atoms in total. The van der Waals surface area contributed by atoms with Gasteiger partial charge in [0.1, 0.15) is 18.4 Å². The summed E-state index contributed by atoms with van der Waals surface area (Å²) >= 11 is 0. The number of benzene rings is 2. The van der Waals surface area contributed by atoms with E-state index >= 15 is 0 Å². The van der Waals surface area contributed by atoms with E-state index in [9.17, 15) is 18.8 Å². The standard InChI is InChI=1S/C21H18F2N2O3/c22-15-8-14-18(9-16(15)23)28-12-21(6-7-21)19(14)17(10-24)25-20(26)27-11-13-4-2-1-3-5-13/h1-5,8-9,17,19H,6-7,11-12H2,(H,25,26)/t17-,19?/m1/s1. The lowest BCUT2D eigenvalue weighted by Gasteiger charge is -2.36. The van der Waals surface area contributed by atoms with Gasteiger partial charge in [0.05, 0.1) is 12.7 Å². The molecule has 1 heterocycles. The Bertz CT molecular complexity index is 939. The predicted molar refractivity (Wildman–Crippen MR) is 95.4 cm³/mol. The van der Waals surface area contributed by atoms with E-state index in [1.54, 1.807) is 0 Å². The van der Waals surface area contributed by atoms with Crippen LogP contribution in [0.25, 0.3) is 0 Å². The Hall–Kier alpha value is -3.14. The Morgan fingerprint density at radius 3 is 2.68 bits per heavy atom. The fourth-order valence-electron chi connectivity index (χ4n) is 3.78. The van der Waals surface area contributed by atoms with Crippen molar-refractivity contribution in [2.24, 2.45) is 5.41 Å². The highest BCUT2D eigenvalue weighted by molar-refractivity contribution is 5.68. The van der Waals surface area contributed by atoms with Crippen LogP contribution in [0.15, 0.2) is 42.5 Å². The van der Waals surface area contributed by atoms with Crippen molar-refractivity contribution in [3.63, 3.8) is 0 Å². The number of ether oxygens (including phenoxy) is 2. The van der Waals surface area contributed by atoms with Gasteiger partial charge in [-0.15, -0.1) is 0 Å². The monoisotopic (exact) mass is 384 g/mol. The number of nitrogens with one attached hydrogen (secondary N) is 1. The van der Waals surface area contributed by atoms with Crippen LogP contribution in [0.5, 0.6) is 5.75 Å². The van der Waals surface area contributed by atoms with Crippen LogP contribution in [-0.2, 0) is 11.3 Å². The maximum absolute atomic E-state index is 13.9. The molecule has 2 aliphatic rings. The van der Waals surface area contributed by atoms with E-state index in [1.807, 2.05) is 30.3 Å². The molecule has 7 heteroatoms. The molecule has 1 N–H and O–H groups in total. The van der Waals surface area contributed by atoms with E-state index < -0.39 is 29.7 Å². The number of carbonyl (C=O) groups is 1. The van der Waals surface area contributed by atoms with Crippen molar-refractivity contribution in [2.75, 3.05) is 6.61 Å². The van der Waals surface area contributed by atoms with Crippen LogP contribution in [-0.4, -0.2) is 18.7 Å². The molecular formula is C21H18F2N2O3. The van der Waals surface area contributed by atoms with Gasteiger partial charge in [0.15, 0.2) is 11.6 Å². The highest BCUT2D eigenvalue weighted by atomic mass is 19.2. The Kier molecular flexibility index (Phi) is 4.63. The van der Waals surface area contributed by atoms with Crippen LogP contribution < -0.4 is 10.1 Å². The lowest BCUT2D eigenvalue weighted by atomic mass is 9.76. The molecule has 2 aromatic rings. The highest BCUT2D eigenvalue weighted by Gasteiger charge is 2.57. The zero-order valence-electron chi connectivity index (χ0n) is 15.0. The van der Waals surface area contributed by atoms with Gasteiger partial charge in [0.25, 0.3) is 0 Å². The first-order valence-electron chi connectivity index (χ1n) is 9.01. The average molecular weight is 384 g/mol. The molecule has 1 aliphatic heterocycles. The minimum atomic E-state index is -1.01. The van der Waals surface area contributed by atoms with E-state index in [-0.39, 0.29) is 17.8 Å². The van der Waals surface area contributed by atoms with E-state index in [1.165, 1.54) is 0 Å². The van der Waals surface area contributed by atoms with Crippen molar-refractivity contribution in [3.8, 4) is 11.8 Å². The molecule has 1 fully saturated rings. The fraction of sp³-hybridized carbons (Fsp3) is 0.333. The van der Waals surface area contributed by atoms with Gasteiger partial charge >= 0.3 is 6.09 Å². The number of nitriles is 1. The molecule has 2 aromatic carbocycles. The second-order valence-corrected chi connectivity index (χ2v) is 7.25. The summed E-state index contributed by atoms with van der Waals surface area (Å²) in [5, 5.41) is 12.3. The summed E-state index contributed by atoms with van der Waals surface area (Å²) in [6.45, 7) is 0.370. The number of hydrogen-bond acceptors (Lipinski definition) is 4. The zero-order chi connectivity index (χ0) is 19.7. The topological polar surface area (TPSA) is 71.4 Å². The number of halogens is 2. The summed E-state index contributed by atoms with van der Waals surface area (Å²) < 4.78 is 38.3. The zero-order valence-corrected chi connectivity index (χ0v) is 15.0. The van der Waals surface area contributed by atoms with Crippen LogP contribution in [0.2, 0.25) is 0 Å². The predicted octanol–water partition coefficient (Wildman–Crippen LogP) is 4.04. The summed E-state index contributed by atoms with van der Waals surface area (Å²) in [6.07, 6.45) is 0.839. The number of rotatable bonds is 4. The fourth-order valence-corrected chi connectivity index (χ4v) is 3.78. The summed E-state index contributed by atoms with van der Waals surface area (Å²) in [5.74, 6) is -2.30. The van der Waals surface area contributed by atoms with Crippen LogP contribution >= 0.6 is 0 Å². The first kappa shape index (κ1) is 18.2. The molecular weight excluding hydrogens is 366 g/mol. The SMILES string of the molecule is N#C[C@@H](NC(=O)OCc1ccccc1)C1c2cc(F)c(F)cc2OCC12CC2. The molecule has 0 saturated heterocycles. The minimum Gasteiger partial charge on any atom is -0.493 e. The van der Waals surface area contributed by atoms with Crippen molar-refractivity contribution >= 4 is 6.09 Å². The number of amides is 1. The number of nitrogens with zero attached hydrogens (tertiary/aromatic N) is 1. The summed E-state index contributed by atoms with van der Waals surface area (Å²) in [7, 11) is 0. The molecule has 0 radical (unpaired) electrons. The smallest absolute Gasteiger partial charge is 0.408 e. The lowest BCUT2D eigenvalue weighted by Crippen LogP contribution is -2.44. The van der Waals surface area contributed by atoms with Crippen LogP contribution in [0, 0.1) is 28.4 Å². The van der Waals surface area contributed by atoms with E-state index in [0.29, 0.717) is 12.2 Å². The Labute approximate surface area is 160 Å². The molecule has 0 bridgehead atoms. The summed E-state index contributed by atoms with van der Waals surface area (Å²) in [5.41, 5.74) is 0.862. The third-order valence-electron chi connectivity index (χ3n) is 5.41. The van der Waals surface area contributed by atoms with Crippen LogP contribution in [0.4, 0.5) is 13.6 Å². The third kappa shape index (κ3) is 3.38. The van der Waals surface area contributed by atoms with Gasteiger partial charge in [-0.2, -0.15) is 5.26 Å². The maximum atomic E-state index is 13.9. The first-order chi connectivity index (χ1) is 13.5. The van der Waals surface area contributed by atoms with Crippen molar-refractivity contribution in [1.29, 1.82) is 5.26 Å². The molecule has 1 spiro atoms. The van der Waals surface area contributed by atoms with Crippen molar-refractivity contribution in [1.82, 2.24) is 5.32 Å². The number of fused-ring (bicyclic) bond motifs is 1. The van der Waals surface area contributed by atoms with Gasteiger partial charge in [0.2, 0.25) is 0 Å². The van der Waals surface area contributed by atoms with Gasteiger partial charge in [-0.05, 0) is 24.5 Å². The molecule has 1 aliphatic carbocycles. The molecule has 1 amide bonds. The largest absolute Gasteiger partial charge is 0.493 e. The number of alkyl carbamates (subject to hydrolysis) is 1. The molecule has 0 aromatic heterocycles. The molecule has 4 rings (SSSR count). The molecule has 1 saturated carbocycles. The van der Waals surface area contributed by atoms with E-state index in [4.69, 9.17) is 9.47 Å². The van der Waals surface area contributed by atoms with Gasteiger partial charge < -0.3 is 14.8 Å². The molecule has 28 heavy (non-hydrogen) atoms. The number of hydrogen-bond donors (Lipinski definition) is 1. The first-order valence-corrected chi connectivity index (χ1v) is 9.01.